The molecule has 0 bridgehead atoms. The number of carboxylic acids is 1. The second-order valence-electron chi connectivity index (χ2n) is 4.89. The molecule has 0 heterocycles. The van der Waals surface area contributed by atoms with Crippen LogP contribution >= 0.6 is 15.9 Å². The third kappa shape index (κ3) is 5.75. The smallest absolute Gasteiger partial charge is 0.326 e. The van der Waals surface area contributed by atoms with Crippen LogP contribution in [0.15, 0.2) is 59.1 Å². The number of hydrogen-bond donors (Lipinski definition) is 2. The van der Waals surface area contributed by atoms with Crippen LogP contribution < -0.4 is 10.1 Å². The Morgan fingerprint density at radius 3 is 2.35 bits per heavy atom. The lowest BCUT2D eigenvalue weighted by Crippen LogP contribution is -2.44. The Hall–Kier alpha value is -2.34. The Labute approximate surface area is 142 Å². The monoisotopic (exact) mass is 377 g/mol. The van der Waals surface area contributed by atoms with Crippen molar-refractivity contribution < 1.29 is 19.4 Å². The Morgan fingerprint density at radius 2 is 1.74 bits per heavy atom. The van der Waals surface area contributed by atoms with Gasteiger partial charge in [0.2, 0.25) is 0 Å². The Kier molecular flexibility index (Phi) is 6.17. The summed E-state index contributed by atoms with van der Waals surface area (Å²) in [5.74, 6) is -1.01. The summed E-state index contributed by atoms with van der Waals surface area (Å²) in [5, 5.41) is 11.7. The topological polar surface area (TPSA) is 75.6 Å². The highest BCUT2D eigenvalue weighted by Crippen LogP contribution is 2.15. The van der Waals surface area contributed by atoms with Gasteiger partial charge in [0.25, 0.3) is 5.91 Å². The maximum Gasteiger partial charge on any atom is 0.326 e. The summed E-state index contributed by atoms with van der Waals surface area (Å²) in [4.78, 5) is 23.2. The average molecular weight is 378 g/mol. The minimum atomic E-state index is -1.08. The molecule has 0 fully saturated rings. The van der Waals surface area contributed by atoms with Crippen molar-refractivity contribution in [1.82, 2.24) is 5.32 Å². The molecular formula is C17H16BrNO4. The minimum Gasteiger partial charge on any atom is -0.484 e. The molecule has 0 aliphatic rings. The van der Waals surface area contributed by atoms with Crippen LogP contribution in [-0.4, -0.2) is 29.6 Å². The number of rotatable bonds is 7. The van der Waals surface area contributed by atoms with Crippen molar-refractivity contribution >= 4 is 27.8 Å². The SMILES string of the molecule is O=C(COc1ccc(Br)cc1)N[C@H](Cc1ccccc1)C(=O)O. The Balaban J connectivity index is 1.88. The van der Waals surface area contributed by atoms with E-state index in [9.17, 15) is 14.7 Å². The summed E-state index contributed by atoms with van der Waals surface area (Å²) in [5.41, 5.74) is 0.842. The predicted molar refractivity (Wildman–Crippen MR) is 89.3 cm³/mol. The van der Waals surface area contributed by atoms with E-state index in [-0.39, 0.29) is 13.0 Å². The number of benzene rings is 2. The maximum absolute atomic E-state index is 11.9. The molecule has 1 amide bonds. The molecular weight excluding hydrogens is 362 g/mol. The molecule has 6 heteroatoms. The van der Waals surface area contributed by atoms with E-state index in [0.29, 0.717) is 5.75 Å². The molecule has 2 rings (SSSR count). The fourth-order valence-corrected chi connectivity index (χ4v) is 2.23. The van der Waals surface area contributed by atoms with Gasteiger partial charge in [-0.2, -0.15) is 0 Å². The fourth-order valence-electron chi connectivity index (χ4n) is 1.97. The van der Waals surface area contributed by atoms with Gasteiger partial charge in [0.15, 0.2) is 6.61 Å². The van der Waals surface area contributed by atoms with Crippen LogP contribution in [0.2, 0.25) is 0 Å². The van der Waals surface area contributed by atoms with E-state index in [1.54, 1.807) is 24.3 Å². The van der Waals surface area contributed by atoms with Crippen LogP contribution in [0, 0.1) is 0 Å². The number of aliphatic carboxylic acids is 1. The number of amides is 1. The second kappa shape index (κ2) is 8.33. The largest absolute Gasteiger partial charge is 0.484 e. The third-order valence-corrected chi connectivity index (χ3v) is 3.63. The molecule has 2 aromatic carbocycles. The van der Waals surface area contributed by atoms with E-state index in [1.807, 2.05) is 30.3 Å². The molecule has 23 heavy (non-hydrogen) atoms. The molecule has 0 aliphatic heterocycles. The highest BCUT2D eigenvalue weighted by Gasteiger charge is 2.20. The number of carboxylic acid groups (broad SMARTS) is 1. The van der Waals surface area contributed by atoms with Gasteiger partial charge in [0.1, 0.15) is 11.8 Å². The number of nitrogens with one attached hydrogen (secondary N) is 1. The number of hydrogen-bond acceptors (Lipinski definition) is 3. The van der Waals surface area contributed by atoms with Crippen LogP contribution in [0.3, 0.4) is 0 Å². The van der Waals surface area contributed by atoms with Crippen LogP contribution in [0.5, 0.6) is 5.75 Å². The summed E-state index contributed by atoms with van der Waals surface area (Å²) < 4.78 is 6.23. The number of carbonyl (C=O) groups excluding carboxylic acids is 1. The lowest BCUT2D eigenvalue weighted by atomic mass is 10.1. The molecule has 2 N–H and O–H groups in total. The van der Waals surface area contributed by atoms with E-state index >= 15 is 0 Å². The highest BCUT2D eigenvalue weighted by atomic mass is 79.9. The molecule has 0 spiro atoms. The van der Waals surface area contributed by atoms with E-state index in [0.717, 1.165) is 10.0 Å². The van der Waals surface area contributed by atoms with Gasteiger partial charge in [-0.3, -0.25) is 4.79 Å². The molecule has 0 aliphatic carbocycles. The van der Waals surface area contributed by atoms with Gasteiger partial charge < -0.3 is 15.2 Å². The predicted octanol–water partition coefficient (Wildman–Crippen LogP) is 2.64. The molecule has 2 aromatic rings. The first-order valence-electron chi connectivity index (χ1n) is 6.99. The normalized spacial score (nSPS) is 11.5. The first-order chi connectivity index (χ1) is 11.0. The zero-order valence-corrected chi connectivity index (χ0v) is 13.8. The quantitative estimate of drug-likeness (QED) is 0.777. The van der Waals surface area contributed by atoms with E-state index in [2.05, 4.69) is 21.2 Å². The van der Waals surface area contributed by atoms with Crippen molar-refractivity contribution in [2.75, 3.05) is 6.61 Å². The molecule has 0 radical (unpaired) electrons. The van der Waals surface area contributed by atoms with Crippen molar-refractivity contribution in [3.63, 3.8) is 0 Å². The van der Waals surface area contributed by atoms with Gasteiger partial charge in [0, 0.05) is 10.9 Å². The van der Waals surface area contributed by atoms with Crippen LogP contribution in [0.4, 0.5) is 0 Å². The van der Waals surface area contributed by atoms with Gasteiger partial charge >= 0.3 is 5.97 Å². The third-order valence-electron chi connectivity index (χ3n) is 3.10. The summed E-state index contributed by atoms with van der Waals surface area (Å²) in [6, 6.07) is 15.2. The average Bonchev–Trinajstić information content (AvgIpc) is 2.54. The number of ether oxygens (including phenoxy) is 1. The lowest BCUT2D eigenvalue weighted by Gasteiger charge is -2.15. The molecule has 1 atom stereocenters. The Morgan fingerprint density at radius 1 is 1.09 bits per heavy atom. The van der Waals surface area contributed by atoms with Gasteiger partial charge in [-0.15, -0.1) is 0 Å². The standard InChI is InChI=1S/C17H16BrNO4/c18-13-6-8-14(9-7-13)23-11-16(20)19-15(17(21)22)10-12-4-2-1-3-5-12/h1-9,15H,10-11H2,(H,19,20)(H,21,22)/t15-/m1/s1. The second-order valence-corrected chi connectivity index (χ2v) is 5.81. The van der Waals surface area contributed by atoms with Crippen LogP contribution in [0.1, 0.15) is 5.56 Å². The van der Waals surface area contributed by atoms with E-state index in [4.69, 9.17) is 4.74 Å². The van der Waals surface area contributed by atoms with E-state index in [1.165, 1.54) is 0 Å². The summed E-state index contributed by atoms with van der Waals surface area (Å²) >= 11 is 3.31. The van der Waals surface area contributed by atoms with E-state index < -0.39 is 17.9 Å². The van der Waals surface area contributed by atoms with Crippen LogP contribution in [0.25, 0.3) is 0 Å². The molecule has 120 valence electrons. The van der Waals surface area contributed by atoms with Crippen LogP contribution in [-0.2, 0) is 16.0 Å². The summed E-state index contributed by atoms with van der Waals surface area (Å²) in [6.07, 6.45) is 0.222. The minimum absolute atomic E-state index is 0.222. The fraction of sp³-hybridized carbons (Fsp3) is 0.176. The molecule has 0 aromatic heterocycles. The zero-order chi connectivity index (χ0) is 16.7. The highest BCUT2D eigenvalue weighted by molar-refractivity contribution is 9.10. The number of halogens is 1. The van der Waals surface area contributed by atoms with Crippen molar-refractivity contribution in [1.29, 1.82) is 0 Å². The van der Waals surface area contributed by atoms with Gasteiger partial charge in [-0.05, 0) is 29.8 Å². The molecule has 0 unspecified atom stereocenters. The first-order valence-corrected chi connectivity index (χ1v) is 7.78. The van der Waals surface area contributed by atoms with Crippen molar-refractivity contribution in [3.05, 3.63) is 64.6 Å². The molecule has 5 nitrogen and oxygen atoms in total. The molecule has 0 saturated heterocycles. The van der Waals surface area contributed by atoms with Crippen molar-refractivity contribution in [2.24, 2.45) is 0 Å². The zero-order valence-electron chi connectivity index (χ0n) is 12.2. The van der Waals surface area contributed by atoms with Gasteiger partial charge in [-0.25, -0.2) is 4.79 Å². The first kappa shape index (κ1) is 17.0. The summed E-state index contributed by atoms with van der Waals surface area (Å²) in [7, 11) is 0. The van der Waals surface area contributed by atoms with Crippen molar-refractivity contribution in [3.8, 4) is 5.75 Å². The van der Waals surface area contributed by atoms with Crippen molar-refractivity contribution in [2.45, 2.75) is 12.5 Å². The molecule has 0 saturated carbocycles. The number of carbonyl (C=O) groups is 2. The lowest BCUT2D eigenvalue weighted by molar-refractivity contribution is -0.142. The van der Waals surface area contributed by atoms with Gasteiger partial charge in [-0.1, -0.05) is 46.3 Å². The maximum atomic E-state index is 11.9. The summed E-state index contributed by atoms with van der Waals surface area (Å²) in [6.45, 7) is -0.236. The van der Waals surface area contributed by atoms with Gasteiger partial charge in [0.05, 0.1) is 0 Å². The Bertz CT molecular complexity index is 658.